The average molecular weight is 339 g/mol. The molecule has 1 saturated heterocycles. The van der Waals surface area contributed by atoms with E-state index in [4.69, 9.17) is 0 Å². The summed E-state index contributed by atoms with van der Waals surface area (Å²) >= 11 is 0. The zero-order valence-electron chi connectivity index (χ0n) is 12.8. The molecule has 0 radical (unpaired) electrons. The maximum Gasteiger partial charge on any atom is 0.261 e. The van der Waals surface area contributed by atoms with E-state index in [1.54, 1.807) is 6.92 Å². The Morgan fingerprint density at radius 2 is 2.00 bits per heavy atom. The normalized spacial score (nSPS) is 17.7. The third kappa shape index (κ3) is 3.00. The molecule has 3 rings (SSSR count). The third-order valence-corrected chi connectivity index (χ3v) is 6.20. The smallest absolute Gasteiger partial charge is 0.261 e. The molecule has 124 valence electrons. The molecule has 8 heteroatoms. The number of benzene rings is 1. The van der Waals surface area contributed by atoms with Crippen LogP contribution in [0.5, 0.6) is 0 Å². The highest BCUT2D eigenvalue weighted by molar-refractivity contribution is 7.89. The summed E-state index contributed by atoms with van der Waals surface area (Å²) in [5.74, 6) is -0.396. The van der Waals surface area contributed by atoms with Crippen LogP contribution in [0.15, 0.2) is 29.3 Å². The van der Waals surface area contributed by atoms with Gasteiger partial charge >= 0.3 is 0 Å². The fourth-order valence-electron chi connectivity index (χ4n) is 2.95. The predicted molar refractivity (Wildman–Crippen MR) is 85.3 cm³/mol. The lowest BCUT2D eigenvalue weighted by atomic mass is 10.1. The first-order valence-corrected chi connectivity index (χ1v) is 9.17. The summed E-state index contributed by atoms with van der Waals surface area (Å²) in [7, 11) is -3.20. The van der Waals surface area contributed by atoms with Gasteiger partial charge in [0.2, 0.25) is 10.0 Å². The number of halogens is 1. The van der Waals surface area contributed by atoms with E-state index in [9.17, 15) is 17.6 Å². The predicted octanol–water partition coefficient (Wildman–Crippen LogP) is 1.52. The highest BCUT2D eigenvalue weighted by Gasteiger charge is 2.28. The molecule has 23 heavy (non-hydrogen) atoms. The third-order valence-electron chi connectivity index (χ3n) is 4.32. The largest absolute Gasteiger partial charge is 0.296 e. The van der Waals surface area contributed by atoms with E-state index in [2.05, 4.69) is 4.98 Å². The minimum atomic E-state index is -3.20. The summed E-state index contributed by atoms with van der Waals surface area (Å²) in [6, 6.07) is 3.82. The Hall–Kier alpha value is -1.80. The average Bonchev–Trinajstić information content (AvgIpc) is 2.56. The first kappa shape index (κ1) is 16.1. The van der Waals surface area contributed by atoms with Crippen LogP contribution >= 0.6 is 0 Å². The quantitative estimate of drug-likeness (QED) is 0.850. The van der Waals surface area contributed by atoms with E-state index in [-0.39, 0.29) is 22.7 Å². The molecule has 0 amide bonds. The van der Waals surface area contributed by atoms with Gasteiger partial charge in [0, 0.05) is 19.1 Å². The summed E-state index contributed by atoms with van der Waals surface area (Å²) in [5.41, 5.74) is 0.171. The van der Waals surface area contributed by atoms with Gasteiger partial charge in [-0.2, -0.15) is 0 Å². The fraction of sp³-hybridized carbons (Fsp3) is 0.467. The molecule has 2 aromatic rings. The first-order valence-electron chi connectivity index (χ1n) is 7.56. The number of sulfonamides is 1. The molecule has 0 spiro atoms. The van der Waals surface area contributed by atoms with Gasteiger partial charge in [0.25, 0.3) is 5.56 Å². The van der Waals surface area contributed by atoms with Gasteiger partial charge in [-0.25, -0.2) is 22.1 Å². The topological polar surface area (TPSA) is 72.3 Å². The van der Waals surface area contributed by atoms with Gasteiger partial charge in [-0.3, -0.25) is 9.36 Å². The van der Waals surface area contributed by atoms with Crippen molar-refractivity contribution in [1.29, 1.82) is 0 Å². The van der Waals surface area contributed by atoms with E-state index in [1.807, 2.05) is 0 Å². The molecule has 1 aromatic heterocycles. The number of hydrogen-bond acceptors (Lipinski definition) is 4. The first-order chi connectivity index (χ1) is 10.9. The number of nitrogens with zero attached hydrogens (tertiary/aromatic N) is 3. The highest BCUT2D eigenvalue weighted by atomic mass is 32.2. The summed E-state index contributed by atoms with van der Waals surface area (Å²) < 4.78 is 40.1. The molecule has 0 bridgehead atoms. The van der Waals surface area contributed by atoms with Crippen molar-refractivity contribution in [2.75, 3.05) is 18.8 Å². The van der Waals surface area contributed by atoms with E-state index in [0.717, 1.165) is 0 Å². The Balaban J connectivity index is 1.88. The summed E-state index contributed by atoms with van der Waals surface area (Å²) in [6.45, 7) is 2.39. The Kier molecular flexibility index (Phi) is 4.20. The Bertz CT molecular complexity index is 886. The minimum Gasteiger partial charge on any atom is -0.296 e. The van der Waals surface area contributed by atoms with Gasteiger partial charge in [-0.15, -0.1) is 0 Å². The summed E-state index contributed by atoms with van der Waals surface area (Å²) in [5, 5.41) is 0.246. The summed E-state index contributed by atoms with van der Waals surface area (Å²) in [6.07, 6.45) is 2.56. The molecule has 0 N–H and O–H groups in total. The second-order valence-electron chi connectivity index (χ2n) is 5.65. The van der Waals surface area contributed by atoms with Crippen molar-refractivity contribution in [2.24, 2.45) is 0 Å². The van der Waals surface area contributed by atoms with Crippen molar-refractivity contribution in [3.8, 4) is 0 Å². The van der Waals surface area contributed by atoms with Crippen LogP contribution in [0.4, 0.5) is 4.39 Å². The maximum atomic E-state index is 13.4. The lowest BCUT2D eigenvalue weighted by Gasteiger charge is -2.31. The molecule has 1 aromatic carbocycles. The zero-order chi connectivity index (χ0) is 16.6. The van der Waals surface area contributed by atoms with Crippen LogP contribution < -0.4 is 5.56 Å². The van der Waals surface area contributed by atoms with Crippen LogP contribution in [0.1, 0.15) is 25.8 Å². The minimum absolute atomic E-state index is 0.0778. The lowest BCUT2D eigenvalue weighted by Crippen LogP contribution is -2.41. The summed E-state index contributed by atoms with van der Waals surface area (Å²) in [4.78, 5) is 16.7. The number of rotatable bonds is 3. The second-order valence-corrected chi connectivity index (χ2v) is 7.91. The Morgan fingerprint density at radius 3 is 2.65 bits per heavy atom. The molecule has 1 aliphatic rings. The lowest BCUT2D eigenvalue weighted by molar-refractivity contribution is 0.270. The Morgan fingerprint density at radius 1 is 1.30 bits per heavy atom. The molecule has 0 aliphatic carbocycles. The van der Waals surface area contributed by atoms with Crippen molar-refractivity contribution in [3.05, 3.63) is 40.7 Å². The monoisotopic (exact) mass is 339 g/mol. The molecule has 1 aliphatic heterocycles. The van der Waals surface area contributed by atoms with Gasteiger partial charge in [0.1, 0.15) is 5.82 Å². The molecule has 0 saturated carbocycles. The van der Waals surface area contributed by atoms with E-state index >= 15 is 0 Å². The van der Waals surface area contributed by atoms with E-state index in [0.29, 0.717) is 31.4 Å². The number of fused-ring (bicyclic) bond motifs is 1. The molecule has 1 fully saturated rings. The Labute approximate surface area is 133 Å². The van der Waals surface area contributed by atoms with Crippen molar-refractivity contribution >= 4 is 20.9 Å². The van der Waals surface area contributed by atoms with Crippen LogP contribution in [-0.4, -0.2) is 41.1 Å². The molecular formula is C15H18FN3O3S. The van der Waals surface area contributed by atoms with Crippen molar-refractivity contribution < 1.29 is 12.8 Å². The van der Waals surface area contributed by atoms with E-state index in [1.165, 1.54) is 33.4 Å². The van der Waals surface area contributed by atoms with Crippen LogP contribution in [0.2, 0.25) is 0 Å². The van der Waals surface area contributed by atoms with Gasteiger partial charge in [-0.1, -0.05) is 0 Å². The number of piperidine rings is 1. The zero-order valence-corrected chi connectivity index (χ0v) is 13.6. The molecule has 0 unspecified atom stereocenters. The van der Waals surface area contributed by atoms with Crippen molar-refractivity contribution in [3.63, 3.8) is 0 Å². The molecule has 2 heterocycles. The van der Waals surface area contributed by atoms with Crippen LogP contribution in [0, 0.1) is 5.82 Å². The standard InChI is InChI=1S/C15H18FN3O3S/c1-2-23(21,22)18-7-5-12(6-8-18)19-10-17-14-4-3-11(16)9-13(14)15(19)20/h3-4,9-10,12H,2,5-8H2,1H3. The maximum absolute atomic E-state index is 13.4. The van der Waals surface area contributed by atoms with Crippen LogP contribution in [0.25, 0.3) is 10.9 Å². The second kappa shape index (κ2) is 6.01. The highest BCUT2D eigenvalue weighted by Crippen LogP contribution is 2.23. The molecular weight excluding hydrogens is 321 g/mol. The van der Waals surface area contributed by atoms with Crippen LogP contribution in [0.3, 0.4) is 0 Å². The SMILES string of the molecule is CCS(=O)(=O)N1CCC(n2cnc3ccc(F)cc3c2=O)CC1. The van der Waals surface area contributed by atoms with Gasteiger partial charge < -0.3 is 0 Å². The number of hydrogen-bond donors (Lipinski definition) is 0. The van der Waals surface area contributed by atoms with Gasteiger partial charge in [0.05, 0.1) is 23.0 Å². The molecule has 0 atom stereocenters. The fourth-order valence-corrected chi connectivity index (χ4v) is 4.08. The van der Waals surface area contributed by atoms with Crippen molar-refractivity contribution in [2.45, 2.75) is 25.8 Å². The van der Waals surface area contributed by atoms with Crippen molar-refractivity contribution in [1.82, 2.24) is 13.9 Å². The molecule has 6 nitrogen and oxygen atoms in total. The number of aromatic nitrogens is 2. The van der Waals surface area contributed by atoms with Gasteiger partial charge in [0.15, 0.2) is 0 Å². The van der Waals surface area contributed by atoms with Crippen LogP contribution in [-0.2, 0) is 10.0 Å². The van der Waals surface area contributed by atoms with E-state index < -0.39 is 15.8 Å². The van der Waals surface area contributed by atoms with Gasteiger partial charge in [-0.05, 0) is 38.0 Å².